The van der Waals surface area contributed by atoms with Gasteiger partial charge >= 0.3 is 5.97 Å². The van der Waals surface area contributed by atoms with E-state index in [0.29, 0.717) is 0 Å². The number of allylic oxidation sites excluding steroid dienone is 1. The van der Waals surface area contributed by atoms with Crippen LogP contribution in [0.1, 0.15) is 34.1 Å². The quantitative estimate of drug-likeness (QED) is 0.601. The van der Waals surface area contributed by atoms with Crippen LogP contribution in [-0.4, -0.2) is 17.4 Å². The van der Waals surface area contributed by atoms with Crippen molar-refractivity contribution in [3.63, 3.8) is 0 Å². The van der Waals surface area contributed by atoms with Crippen molar-refractivity contribution in [1.82, 2.24) is 0 Å². The summed E-state index contributed by atoms with van der Waals surface area (Å²) >= 11 is 0. The monoisotopic (exact) mass is 196 g/mol. The lowest BCUT2D eigenvalue weighted by Crippen LogP contribution is -2.47. The van der Waals surface area contributed by atoms with E-state index in [2.05, 4.69) is 0 Å². The second kappa shape index (κ2) is 3.56. The van der Waals surface area contributed by atoms with Gasteiger partial charge in [0, 0.05) is 12.8 Å². The topological polar surface area (TPSA) is 43.4 Å². The van der Waals surface area contributed by atoms with Crippen LogP contribution in [0, 0.1) is 5.92 Å². The molecule has 2 unspecified atom stereocenters. The predicted octanol–water partition coefficient (Wildman–Crippen LogP) is 1.86. The molecule has 0 heterocycles. The fraction of sp³-hybridized carbons (Fsp3) is 0.636. The summed E-state index contributed by atoms with van der Waals surface area (Å²) in [4.78, 5) is 22.6. The molecule has 0 amide bonds. The lowest BCUT2D eigenvalue weighted by atomic mass is 9.77. The smallest absolute Gasteiger partial charge is 0.303 e. The lowest BCUT2D eigenvalue weighted by molar-refractivity contribution is -0.167. The van der Waals surface area contributed by atoms with E-state index in [1.165, 1.54) is 6.92 Å². The molecular formula is C11H16O3. The highest BCUT2D eigenvalue weighted by atomic mass is 16.6. The van der Waals surface area contributed by atoms with Gasteiger partial charge in [-0.15, -0.1) is 0 Å². The summed E-state index contributed by atoms with van der Waals surface area (Å²) in [6, 6.07) is 0. The molecule has 3 nitrogen and oxygen atoms in total. The Kier molecular flexibility index (Phi) is 2.79. The Balaban J connectivity index is 2.97. The standard InChI is InChI=1S/C11H16O3/c1-7-5-8(2)11(4,10(13)6-7)14-9(3)12/h6,8H,5H2,1-4H3. The first kappa shape index (κ1) is 11.0. The fourth-order valence-corrected chi connectivity index (χ4v) is 1.80. The van der Waals surface area contributed by atoms with Crippen molar-refractivity contribution < 1.29 is 14.3 Å². The van der Waals surface area contributed by atoms with E-state index in [4.69, 9.17) is 4.74 Å². The Morgan fingerprint density at radius 3 is 2.64 bits per heavy atom. The molecule has 0 saturated heterocycles. The zero-order valence-corrected chi connectivity index (χ0v) is 9.09. The maximum Gasteiger partial charge on any atom is 0.303 e. The maximum atomic E-state index is 11.7. The van der Waals surface area contributed by atoms with Gasteiger partial charge in [0.25, 0.3) is 0 Å². The number of rotatable bonds is 1. The Labute approximate surface area is 84.1 Å². The second-order valence-corrected chi connectivity index (χ2v) is 4.16. The van der Waals surface area contributed by atoms with E-state index < -0.39 is 11.6 Å². The molecule has 0 aromatic heterocycles. The van der Waals surface area contributed by atoms with E-state index in [9.17, 15) is 9.59 Å². The molecule has 0 radical (unpaired) electrons. The zero-order chi connectivity index (χ0) is 10.9. The number of ether oxygens (including phenoxy) is 1. The molecule has 1 aliphatic rings. The molecule has 0 aromatic rings. The number of ketones is 1. The summed E-state index contributed by atoms with van der Waals surface area (Å²) in [5.41, 5.74) is 0.0813. The minimum atomic E-state index is -0.967. The van der Waals surface area contributed by atoms with Gasteiger partial charge in [-0.3, -0.25) is 9.59 Å². The molecule has 0 bridgehead atoms. The zero-order valence-electron chi connectivity index (χ0n) is 9.09. The number of carbonyl (C=O) groups excluding carboxylic acids is 2. The summed E-state index contributed by atoms with van der Waals surface area (Å²) in [6.45, 7) is 6.86. The van der Waals surface area contributed by atoms with Gasteiger partial charge in [-0.05, 0) is 26.3 Å². The third-order valence-electron chi connectivity index (χ3n) is 2.79. The fourth-order valence-electron chi connectivity index (χ4n) is 1.80. The van der Waals surface area contributed by atoms with Crippen LogP contribution in [-0.2, 0) is 14.3 Å². The summed E-state index contributed by atoms with van der Waals surface area (Å²) in [6.07, 6.45) is 2.37. The van der Waals surface area contributed by atoms with Gasteiger partial charge in [0.15, 0.2) is 11.4 Å². The van der Waals surface area contributed by atoms with Crippen molar-refractivity contribution in [3.8, 4) is 0 Å². The van der Waals surface area contributed by atoms with Crippen LogP contribution in [0.5, 0.6) is 0 Å². The molecule has 78 valence electrons. The van der Waals surface area contributed by atoms with E-state index in [1.54, 1.807) is 13.0 Å². The Morgan fingerprint density at radius 1 is 1.64 bits per heavy atom. The van der Waals surface area contributed by atoms with Gasteiger partial charge in [0.1, 0.15) is 0 Å². The van der Waals surface area contributed by atoms with E-state index >= 15 is 0 Å². The molecule has 14 heavy (non-hydrogen) atoms. The number of hydrogen-bond acceptors (Lipinski definition) is 3. The Bertz CT molecular complexity index is 304. The minimum absolute atomic E-state index is 0.0453. The molecule has 1 rings (SSSR count). The number of hydrogen-bond donors (Lipinski definition) is 0. The average Bonchev–Trinajstić information content (AvgIpc) is 1.99. The summed E-state index contributed by atoms with van der Waals surface area (Å²) < 4.78 is 5.12. The van der Waals surface area contributed by atoms with Crippen LogP contribution in [0.2, 0.25) is 0 Å². The van der Waals surface area contributed by atoms with Crippen molar-refractivity contribution in [2.24, 2.45) is 5.92 Å². The molecule has 0 fully saturated rings. The molecule has 0 aromatic carbocycles. The van der Waals surface area contributed by atoms with E-state index in [-0.39, 0.29) is 11.7 Å². The molecule has 0 aliphatic heterocycles. The van der Waals surface area contributed by atoms with Crippen molar-refractivity contribution in [2.45, 2.75) is 39.7 Å². The van der Waals surface area contributed by atoms with Crippen LogP contribution in [0.3, 0.4) is 0 Å². The molecule has 0 spiro atoms. The third kappa shape index (κ3) is 1.86. The lowest BCUT2D eigenvalue weighted by Gasteiger charge is -2.35. The van der Waals surface area contributed by atoms with Crippen molar-refractivity contribution in [3.05, 3.63) is 11.6 Å². The van der Waals surface area contributed by atoms with Gasteiger partial charge in [0.05, 0.1) is 0 Å². The van der Waals surface area contributed by atoms with Crippen LogP contribution < -0.4 is 0 Å². The maximum absolute atomic E-state index is 11.7. The molecule has 0 saturated carbocycles. The van der Waals surface area contributed by atoms with Crippen LogP contribution in [0.4, 0.5) is 0 Å². The van der Waals surface area contributed by atoms with Gasteiger partial charge in [0.2, 0.25) is 0 Å². The molecular weight excluding hydrogens is 180 g/mol. The highest BCUT2D eigenvalue weighted by molar-refractivity contribution is 5.99. The van der Waals surface area contributed by atoms with Gasteiger partial charge in [-0.25, -0.2) is 0 Å². The first-order chi connectivity index (χ1) is 6.36. The van der Waals surface area contributed by atoms with Crippen LogP contribution >= 0.6 is 0 Å². The number of carbonyl (C=O) groups is 2. The van der Waals surface area contributed by atoms with Crippen molar-refractivity contribution >= 4 is 11.8 Å². The minimum Gasteiger partial charge on any atom is -0.451 e. The van der Waals surface area contributed by atoms with E-state index in [0.717, 1.165) is 12.0 Å². The third-order valence-corrected chi connectivity index (χ3v) is 2.79. The Morgan fingerprint density at radius 2 is 2.21 bits per heavy atom. The molecule has 1 aliphatic carbocycles. The van der Waals surface area contributed by atoms with Crippen molar-refractivity contribution in [2.75, 3.05) is 0 Å². The van der Waals surface area contributed by atoms with E-state index in [1.807, 2.05) is 13.8 Å². The van der Waals surface area contributed by atoms with Gasteiger partial charge in [-0.1, -0.05) is 12.5 Å². The first-order valence-electron chi connectivity index (χ1n) is 4.77. The summed E-state index contributed by atoms with van der Waals surface area (Å²) in [5, 5.41) is 0. The second-order valence-electron chi connectivity index (χ2n) is 4.16. The SMILES string of the molecule is CC(=O)OC1(C)C(=O)C=C(C)CC1C. The number of esters is 1. The normalized spacial score (nSPS) is 32.4. The highest BCUT2D eigenvalue weighted by Crippen LogP contribution is 2.33. The summed E-state index contributed by atoms with van der Waals surface area (Å²) in [7, 11) is 0. The van der Waals surface area contributed by atoms with Gasteiger partial charge < -0.3 is 4.74 Å². The van der Waals surface area contributed by atoms with Gasteiger partial charge in [-0.2, -0.15) is 0 Å². The van der Waals surface area contributed by atoms with Crippen molar-refractivity contribution in [1.29, 1.82) is 0 Å². The first-order valence-corrected chi connectivity index (χ1v) is 4.77. The molecule has 3 heteroatoms. The predicted molar refractivity (Wildman–Crippen MR) is 52.7 cm³/mol. The van der Waals surface area contributed by atoms with Crippen LogP contribution in [0.15, 0.2) is 11.6 Å². The Hall–Kier alpha value is -1.12. The average molecular weight is 196 g/mol. The highest BCUT2D eigenvalue weighted by Gasteiger charge is 2.43. The van der Waals surface area contributed by atoms with Crippen LogP contribution in [0.25, 0.3) is 0 Å². The largest absolute Gasteiger partial charge is 0.451 e. The summed E-state index contributed by atoms with van der Waals surface area (Å²) in [5.74, 6) is -0.464. The molecule has 0 N–H and O–H groups in total. The molecule has 2 atom stereocenters.